The zero-order chi connectivity index (χ0) is 9.97. The van der Waals surface area contributed by atoms with E-state index in [2.05, 4.69) is 10.4 Å². The molecule has 2 N–H and O–H groups in total. The van der Waals surface area contributed by atoms with Crippen LogP contribution in [0.5, 0.6) is 0 Å². The molecule has 1 aromatic carbocycles. The molecule has 1 heterocycles. The molecular weight excluding hydrogens is 214 g/mol. The highest BCUT2D eigenvalue weighted by Crippen LogP contribution is 2.01. The predicted octanol–water partition coefficient (Wildman–Crippen LogP) is -3.26. The van der Waals surface area contributed by atoms with Crippen LogP contribution >= 0.6 is 0 Å². The van der Waals surface area contributed by atoms with E-state index in [1.807, 2.05) is 30.3 Å². The Bertz CT molecular complexity index is 425. The van der Waals surface area contributed by atoms with Gasteiger partial charge in [-0.05, 0) is 5.56 Å². The Morgan fingerprint density at radius 2 is 2.00 bits per heavy atom. The van der Waals surface area contributed by atoms with Gasteiger partial charge in [0.1, 0.15) is 11.8 Å². The lowest BCUT2D eigenvalue weighted by Gasteiger charge is -1.95. The van der Waals surface area contributed by atoms with Gasteiger partial charge in [-0.1, -0.05) is 35.0 Å². The van der Waals surface area contributed by atoms with E-state index < -0.39 is 0 Å². The van der Waals surface area contributed by atoms with E-state index in [0.717, 1.165) is 5.56 Å². The Kier molecular flexibility index (Phi) is 3.62. The van der Waals surface area contributed by atoms with Gasteiger partial charge >= 0.3 is 5.95 Å². The summed E-state index contributed by atoms with van der Waals surface area (Å²) in [6.45, 7) is 0.653. The molecule has 1 aromatic heterocycles. The van der Waals surface area contributed by atoms with Crippen LogP contribution in [0.25, 0.3) is 0 Å². The summed E-state index contributed by atoms with van der Waals surface area (Å²) in [6.07, 6.45) is 0. The smallest absolute Gasteiger partial charge is 0.362 e. The van der Waals surface area contributed by atoms with Crippen molar-refractivity contribution in [3.05, 3.63) is 35.9 Å². The van der Waals surface area contributed by atoms with Gasteiger partial charge in [-0.2, -0.15) is 0 Å². The van der Waals surface area contributed by atoms with Crippen molar-refractivity contribution in [3.63, 3.8) is 0 Å². The molecule has 0 aliphatic carbocycles. The van der Waals surface area contributed by atoms with Crippen LogP contribution in [-0.4, -0.2) is 15.1 Å². The molecule has 6 heteroatoms. The summed E-state index contributed by atoms with van der Waals surface area (Å²) in [5.74, 6) is 0.550. The Hall–Kier alpha value is -1.62. The second kappa shape index (κ2) is 4.75. The number of anilines is 1. The lowest BCUT2D eigenvalue weighted by molar-refractivity contribution is -0.718. The summed E-state index contributed by atoms with van der Waals surface area (Å²) >= 11 is 0. The molecule has 0 amide bonds. The van der Waals surface area contributed by atoms with Crippen LogP contribution in [0.2, 0.25) is 0 Å². The zero-order valence-corrected chi connectivity index (χ0v) is 9.09. The fourth-order valence-electron chi connectivity index (χ4n) is 1.24. The van der Waals surface area contributed by atoms with Crippen LogP contribution in [-0.2, 0) is 13.6 Å². The van der Waals surface area contributed by atoms with Crippen molar-refractivity contribution < 1.29 is 17.1 Å². The lowest BCUT2D eigenvalue weighted by Crippen LogP contribution is -3.00. The third-order valence-corrected chi connectivity index (χ3v) is 2.05. The molecule has 15 heavy (non-hydrogen) atoms. The molecule has 0 bridgehead atoms. The Morgan fingerprint density at radius 3 is 2.53 bits per heavy atom. The summed E-state index contributed by atoms with van der Waals surface area (Å²) in [5.41, 5.74) is 6.91. The average Bonchev–Trinajstić information content (AvgIpc) is 2.52. The van der Waals surface area contributed by atoms with Crippen molar-refractivity contribution in [1.29, 1.82) is 0 Å². The van der Waals surface area contributed by atoms with Gasteiger partial charge in [-0.3, -0.25) is 0 Å². The summed E-state index contributed by atoms with van der Waals surface area (Å²) in [6, 6.07) is 10.0. The number of halogens is 1. The largest absolute Gasteiger partial charge is 1.00 e. The van der Waals surface area contributed by atoms with Gasteiger partial charge in [-0.15, -0.1) is 4.68 Å². The fourth-order valence-corrected chi connectivity index (χ4v) is 1.24. The van der Waals surface area contributed by atoms with E-state index in [1.54, 1.807) is 16.4 Å². The predicted molar refractivity (Wildman–Crippen MR) is 51.2 cm³/mol. The highest BCUT2D eigenvalue weighted by Gasteiger charge is 2.12. The molecule has 0 unspecified atom stereocenters. The Labute approximate surface area is 93.9 Å². The van der Waals surface area contributed by atoms with Crippen LogP contribution in [0.4, 0.5) is 5.95 Å². The van der Waals surface area contributed by atoms with E-state index in [9.17, 15) is 0 Å². The molecule has 0 fully saturated rings. The lowest BCUT2D eigenvalue weighted by atomic mass is 10.2. The highest BCUT2D eigenvalue weighted by molar-refractivity contribution is 5.16. The Morgan fingerprint density at radius 1 is 1.33 bits per heavy atom. The van der Waals surface area contributed by atoms with Gasteiger partial charge < -0.3 is 18.1 Å². The molecule has 0 radical (unpaired) electrons. The van der Waals surface area contributed by atoms with Gasteiger partial charge in [0.2, 0.25) is 0 Å². The summed E-state index contributed by atoms with van der Waals surface area (Å²) in [5, 5.41) is 7.73. The molecule has 0 spiro atoms. The van der Waals surface area contributed by atoms with Gasteiger partial charge in [0.05, 0.1) is 12.3 Å². The molecule has 2 aromatic rings. The number of nitrogens with two attached hydrogens (primary N) is 1. The quantitative estimate of drug-likeness (QED) is 0.546. The van der Waals surface area contributed by atoms with E-state index in [0.29, 0.717) is 12.5 Å². The minimum atomic E-state index is 0. The fraction of sp³-hybridized carbons (Fsp3) is 0.222. The van der Waals surface area contributed by atoms with Gasteiger partial charge in [0.15, 0.2) is 0 Å². The molecular formula is C9H12ClN5. The van der Waals surface area contributed by atoms with Crippen molar-refractivity contribution in [2.45, 2.75) is 6.54 Å². The summed E-state index contributed by atoms with van der Waals surface area (Å²) in [7, 11) is 1.77. The molecule has 0 saturated heterocycles. The number of rotatable bonds is 2. The molecule has 2 rings (SSSR count). The number of aromatic nitrogens is 4. The van der Waals surface area contributed by atoms with Crippen molar-refractivity contribution >= 4 is 5.95 Å². The standard InChI is InChI=1S/C9H11N5.ClH/c1-13-9(10)14(12-11-13)7-8-5-3-2-4-6-8;/h2-6,10H,7H2,1H3;1H. The van der Waals surface area contributed by atoms with E-state index in [1.165, 1.54) is 0 Å². The SMILES string of the molecule is C[n+]1nnn(Cc2ccccc2)c1N.[Cl-]. The summed E-state index contributed by atoms with van der Waals surface area (Å²) < 4.78 is 3.21. The second-order valence-corrected chi connectivity index (χ2v) is 3.10. The van der Waals surface area contributed by atoms with Crippen molar-refractivity contribution in [2.75, 3.05) is 5.73 Å². The normalized spacial score (nSPS) is 9.67. The Balaban J connectivity index is 0.00000112. The number of hydrogen-bond acceptors (Lipinski definition) is 3. The van der Waals surface area contributed by atoms with E-state index in [4.69, 9.17) is 5.73 Å². The number of nitrogens with zero attached hydrogens (tertiary/aromatic N) is 4. The number of aryl methyl sites for hydroxylation is 1. The van der Waals surface area contributed by atoms with E-state index in [-0.39, 0.29) is 12.4 Å². The van der Waals surface area contributed by atoms with E-state index >= 15 is 0 Å². The second-order valence-electron chi connectivity index (χ2n) is 3.10. The first-order valence-electron chi connectivity index (χ1n) is 4.36. The average molecular weight is 226 g/mol. The first-order valence-corrected chi connectivity index (χ1v) is 4.36. The van der Waals surface area contributed by atoms with Crippen LogP contribution in [0.3, 0.4) is 0 Å². The van der Waals surface area contributed by atoms with Crippen LogP contribution < -0.4 is 22.8 Å². The molecule has 0 atom stereocenters. The number of nitrogen functional groups attached to an aromatic ring is 1. The van der Waals surface area contributed by atoms with Crippen LogP contribution in [0.1, 0.15) is 5.56 Å². The molecule has 0 aliphatic rings. The molecule has 0 saturated carbocycles. The highest BCUT2D eigenvalue weighted by atomic mass is 35.5. The topological polar surface area (TPSA) is 60.6 Å². The van der Waals surface area contributed by atoms with Crippen molar-refractivity contribution in [1.82, 2.24) is 15.1 Å². The number of hydrogen-bond donors (Lipinski definition) is 1. The van der Waals surface area contributed by atoms with Gasteiger partial charge in [0.25, 0.3) is 0 Å². The van der Waals surface area contributed by atoms with Crippen molar-refractivity contribution in [3.8, 4) is 0 Å². The number of tetrazole rings is 1. The van der Waals surface area contributed by atoms with Crippen LogP contribution in [0, 0.1) is 0 Å². The first-order chi connectivity index (χ1) is 6.77. The molecule has 0 aliphatic heterocycles. The monoisotopic (exact) mass is 225 g/mol. The van der Waals surface area contributed by atoms with Crippen LogP contribution in [0.15, 0.2) is 30.3 Å². The maximum atomic E-state index is 5.75. The maximum absolute atomic E-state index is 5.75. The minimum absolute atomic E-state index is 0. The van der Waals surface area contributed by atoms with Gasteiger partial charge in [-0.25, -0.2) is 0 Å². The third-order valence-electron chi connectivity index (χ3n) is 2.05. The molecule has 5 nitrogen and oxygen atoms in total. The molecule has 80 valence electrons. The summed E-state index contributed by atoms with van der Waals surface area (Å²) in [4.78, 5) is 0. The zero-order valence-electron chi connectivity index (χ0n) is 8.34. The van der Waals surface area contributed by atoms with Crippen molar-refractivity contribution in [2.24, 2.45) is 7.05 Å². The minimum Gasteiger partial charge on any atom is -1.00 e. The number of benzene rings is 1. The first kappa shape index (κ1) is 11.5. The van der Waals surface area contributed by atoms with Gasteiger partial charge in [0, 0.05) is 0 Å². The maximum Gasteiger partial charge on any atom is 0.362 e. The third kappa shape index (κ3) is 2.44.